The zero-order valence-corrected chi connectivity index (χ0v) is 12.9. The van der Waals surface area contributed by atoms with E-state index in [4.69, 9.17) is 11.6 Å². The lowest BCUT2D eigenvalue weighted by molar-refractivity contribution is 0.196. The Bertz CT molecular complexity index is 722. The van der Waals surface area contributed by atoms with Gasteiger partial charge in [-0.25, -0.2) is 8.42 Å². The highest BCUT2D eigenvalue weighted by atomic mass is 35.5. The summed E-state index contributed by atoms with van der Waals surface area (Å²) in [6.07, 6.45) is 2.58. The van der Waals surface area contributed by atoms with Crippen molar-refractivity contribution < 1.29 is 13.5 Å². The molecule has 0 saturated heterocycles. The maximum atomic E-state index is 12.5. The van der Waals surface area contributed by atoms with Crippen LogP contribution in [0, 0.1) is 0 Å². The number of pyridine rings is 1. The van der Waals surface area contributed by atoms with Gasteiger partial charge in [-0.3, -0.25) is 4.98 Å². The van der Waals surface area contributed by atoms with Crippen LogP contribution in [-0.2, 0) is 15.6 Å². The average Bonchev–Trinajstić information content (AvgIpc) is 2.48. The van der Waals surface area contributed by atoms with Crippen molar-refractivity contribution in [2.75, 3.05) is 6.61 Å². The monoisotopic (exact) mass is 326 g/mol. The number of benzene rings is 1. The van der Waals surface area contributed by atoms with Crippen molar-refractivity contribution in [3.05, 3.63) is 59.4 Å². The number of sulfonamides is 1. The molecule has 0 aliphatic carbocycles. The molecule has 5 nitrogen and oxygen atoms in total. The molecule has 1 unspecified atom stereocenters. The Kier molecular flexibility index (Phi) is 4.63. The van der Waals surface area contributed by atoms with Gasteiger partial charge >= 0.3 is 0 Å². The predicted octanol–water partition coefficient (Wildman–Crippen LogP) is 1.92. The Morgan fingerprint density at radius 2 is 1.95 bits per heavy atom. The van der Waals surface area contributed by atoms with Crippen LogP contribution in [0.15, 0.2) is 53.7 Å². The second kappa shape index (κ2) is 6.11. The van der Waals surface area contributed by atoms with Crippen molar-refractivity contribution in [2.24, 2.45) is 0 Å². The lowest BCUT2D eigenvalue weighted by Gasteiger charge is -2.29. The van der Waals surface area contributed by atoms with Crippen LogP contribution in [0.4, 0.5) is 0 Å². The van der Waals surface area contributed by atoms with Crippen molar-refractivity contribution in [1.29, 1.82) is 0 Å². The van der Waals surface area contributed by atoms with Gasteiger partial charge in [-0.1, -0.05) is 41.9 Å². The molecule has 0 saturated carbocycles. The Morgan fingerprint density at radius 1 is 1.29 bits per heavy atom. The van der Waals surface area contributed by atoms with Gasteiger partial charge in [0, 0.05) is 12.4 Å². The highest BCUT2D eigenvalue weighted by molar-refractivity contribution is 7.89. The summed E-state index contributed by atoms with van der Waals surface area (Å²) in [4.78, 5) is 3.65. The summed E-state index contributed by atoms with van der Waals surface area (Å²) in [5.74, 6) is 0. The Labute approximate surface area is 128 Å². The van der Waals surface area contributed by atoms with E-state index >= 15 is 0 Å². The quantitative estimate of drug-likeness (QED) is 0.879. The smallest absolute Gasteiger partial charge is 0.244 e. The number of aromatic nitrogens is 1. The SMILES string of the molecule is CC(CO)(NS(=O)(=O)c1cnccc1Cl)c1ccccc1. The molecule has 0 aliphatic rings. The van der Waals surface area contributed by atoms with E-state index in [9.17, 15) is 13.5 Å². The van der Waals surface area contributed by atoms with E-state index in [-0.39, 0.29) is 9.92 Å². The van der Waals surface area contributed by atoms with Crippen LogP contribution in [0.25, 0.3) is 0 Å². The Hall–Kier alpha value is -1.47. The third-order valence-corrected chi connectivity index (χ3v) is 5.18. The Morgan fingerprint density at radius 3 is 2.52 bits per heavy atom. The minimum atomic E-state index is -3.91. The third-order valence-electron chi connectivity index (χ3n) is 3.11. The van der Waals surface area contributed by atoms with Gasteiger partial charge in [-0.15, -0.1) is 0 Å². The second-order valence-electron chi connectivity index (χ2n) is 4.77. The molecule has 0 bridgehead atoms. The van der Waals surface area contributed by atoms with E-state index in [1.54, 1.807) is 31.2 Å². The number of rotatable bonds is 5. The number of hydrogen-bond donors (Lipinski definition) is 2. The van der Waals surface area contributed by atoms with Crippen LogP contribution < -0.4 is 4.72 Å². The van der Waals surface area contributed by atoms with Crippen molar-refractivity contribution >= 4 is 21.6 Å². The fourth-order valence-corrected chi connectivity index (χ4v) is 3.72. The third kappa shape index (κ3) is 3.41. The number of aliphatic hydroxyl groups is 1. The summed E-state index contributed by atoms with van der Waals surface area (Å²) in [6, 6.07) is 10.2. The lowest BCUT2D eigenvalue weighted by atomic mass is 9.94. The Balaban J connectivity index is 2.41. The van der Waals surface area contributed by atoms with Crippen molar-refractivity contribution in [3.63, 3.8) is 0 Å². The van der Waals surface area contributed by atoms with Crippen molar-refractivity contribution in [2.45, 2.75) is 17.4 Å². The summed E-state index contributed by atoms with van der Waals surface area (Å²) < 4.78 is 27.4. The first-order chi connectivity index (χ1) is 9.89. The fraction of sp³-hybridized carbons (Fsp3) is 0.214. The standard InChI is InChI=1S/C14H15ClN2O3S/c1-14(10-18,11-5-3-2-4-6-11)17-21(19,20)13-9-16-8-7-12(13)15/h2-9,17-18H,10H2,1H3. The van der Waals surface area contributed by atoms with E-state index in [1.165, 1.54) is 18.5 Å². The molecule has 0 amide bonds. The summed E-state index contributed by atoms with van der Waals surface area (Å²) >= 11 is 5.91. The normalized spacial score (nSPS) is 14.6. The van der Waals surface area contributed by atoms with Crippen molar-refractivity contribution in [3.8, 4) is 0 Å². The second-order valence-corrected chi connectivity index (χ2v) is 6.83. The molecule has 21 heavy (non-hydrogen) atoms. The molecule has 0 radical (unpaired) electrons. The van der Waals surface area contributed by atoms with Gasteiger partial charge in [0.1, 0.15) is 4.90 Å². The molecule has 0 fully saturated rings. The van der Waals surface area contributed by atoms with Crippen LogP contribution >= 0.6 is 11.6 Å². The first-order valence-corrected chi connectivity index (χ1v) is 8.05. The molecule has 0 spiro atoms. The molecule has 2 N–H and O–H groups in total. The summed E-state index contributed by atoms with van der Waals surface area (Å²) in [6.45, 7) is 1.21. The molecule has 2 rings (SSSR count). The van der Waals surface area contributed by atoms with Gasteiger partial charge < -0.3 is 5.11 Å². The van der Waals surface area contributed by atoms with Gasteiger partial charge in [0.15, 0.2) is 0 Å². The molecule has 1 atom stereocenters. The maximum absolute atomic E-state index is 12.5. The van der Waals surface area contributed by atoms with E-state index < -0.39 is 22.2 Å². The minimum Gasteiger partial charge on any atom is -0.394 e. The van der Waals surface area contributed by atoms with Crippen LogP contribution in [0.3, 0.4) is 0 Å². The molecule has 1 aromatic carbocycles. The zero-order chi connectivity index (χ0) is 15.5. The van der Waals surface area contributed by atoms with Crippen LogP contribution in [0.2, 0.25) is 5.02 Å². The molecular weight excluding hydrogens is 312 g/mol. The average molecular weight is 327 g/mol. The van der Waals surface area contributed by atoms with E-state index in [0.29, 0.717) is 5.56 Å². The highest BCUT2D eigenvalue weighted by Gasteiger charge is 2.32. The number of aliphatic hydroxyl groups excluding tert-OH is 1. The summed E-state index contributed by atoms with van der Waals surface area (Å²) in [7, 11) is -3.91. The molecule has 0 aliphatic heterocycles. The van der Waals surface area contributed by atoms with E-state index in [2.05, 4.69) is 9.71 Å². The van der Waals surface area contributed by atoms with Crippen molar-refractivity contribution in [1.82, 2.24) is 9.71 Å². The molecular formula is C14H15ClN2O3S. The van der Waals surface area contributed by atoms with Crippen LogP contribution in [-0.4, -0.2) is 25.1 Å². The zero-order valence-electron chi connectivity index (χ0n) is 11.3. The van der Waals surface area contributed by atoms with Gasteiger partial charge in [-0.05, 0) is 18.6 Å². The summed E-state index contributed by atoms with van der Waals surface area (Å²) in [5.41, 5.74) is -0.504. The number of nitrogens with zero attached hydrogens (tertiary/aromatic N) is 1. The molecule has 7 heteroatoms. The van der Waals surface area contributed by atoms with Crippen LogP contribution in [0.1, 0.15) is 12.5 Å². The first kappa shape index (κ1) is 15.9. The number of halogens is 1. The lowest BCUT2D eigenvalue weighted by Crippen LogP contribution is -2.46. The minimum absolute atomic E-state index is 0.0749. The van der Waals surface area contributed by atoms with Gasteiger partial charge in [0.2, 0.25) is 10.0 Å². The molecule has 1 heterocycles. The largest absolute Gasteiger partial charge is 0.394 e. The fourth-order valence-electron chi connectivity index (χ4n) is 1.90. The van der Waals surface area contributed by atoms with Gasteiger partial charge in [-0.2, -0.15) is 4.72 Å². The predicted molar refractivity (Wildman–Crippen MR) is 80.4 cm³/mol. The van der Waals surface area contributed by atoms with Gasteiger partial charge in [0.25, 0.3) is 0 Å². The van der Waals surface area contributed by atoms with Crippen LogP contribution in [0.5, 0.6) is 0 Å². The van der Waals surface area contributed by atoms with E-state index in [1.807, 2.05) is 6.07 Å². The highest BCUT2D eigenvalue weighted by Crippen LogP contribution is 2.25. The summed E-state index contributed by atoms with van der Waals surface area (Å²) in [5, 5.41) is 9.72. The number of nitrogens with one attached hydrogen (secondary N) is 1. The molecule has 112 valence electrons. The molecule has 2 aromatic rings. The van der Waals surface area contributed by atoms with E-state index in [0.717, 1.165) is 0 Å². The maximum Gasteiger partial charge on any atom is 0.244 e. The molecule has 1 aromatic heterocycles. The van der Waals surface area contributed by atoms with Gasteiger partial charge in [0.05, 0.1) is 17.2 Å². The topological polar surface area (TPSA) is 79.3 Å². The first-order valence-electron chi connectivity index (χ1n) is 6.19. The number of hydrogen-bond acceptors (Lipinski definition) is 4.